The van der Waals surface area contributed by atoms with E-state index in [-0.39, 0.29) is 11.9 Å². The van der Waals surface area contributed by atoms with Crippen LogP contribution in [-0.2, 0) is 14.3 Å². The molecule has 0 aromatic heterocycles. The summed E-state index contributed by atoms with van der Waals surface area (Å²) in [5.74, 6) is -0.300. The minimum Gasteiger partial charge on any atom is -0.393 e. The largest absolute Gasteiger partial charge is 0.393 e. The van der Waals surface area contributed by atoms with Gasteiger partial charge in [-0.3, -0.25) is 9.59 Å². The maximum atomic E-state index is 11.9. The second kappa shape index (κ2) is 16.5. The molecule has 3 nitrogen and oxygen atoms in total. The Bertz CT molecular complexity index is 297. The molecule has 0 unspecified atom stereocenters. The maximum Gasteiger partial charge on any atom is 0.313 e. The lowest BCUT2D eigenvalue weighted by atomic mass is 9.93. The van der Waals surface area contributed by atoms with Crippen molar-refractivity contribution in [3.63, 3.8) is 0 Å². The summed E-state index contributed by atoms with van der Waals surface area (Å²) in [7, 11) is 0. The third kappa shape index (κ3) is 14.9. The first-order valence-electron chi connectivity index (χ1n) is 9.43. The quantitative estimate of drug-likeness (QED) is 0.145. The molecule has 0 spiro atoms. The van der Waals surface area contributed by atoms with Crippen molar-refractivity contribution in [3.05, 3.63) is 0 Å². The Morgan fingerprint density at radius 2 is 1.39 bits per heavy atom. The van der Waals surface area contributed by atoms with Crippen LogP contribution in [0.5, 0.6) is 0 Å². The molecule has 0 N–H and O–H groups in total. The predicted molar refractivity (Wildman–Crippen MR) is 99.8 cm³/mol. The van der Waals surface area contributed by atoms with E-state index in [1.807, 2.05) is 0 Å². The number of unbranched alkanes of at least 4 members (excludes halogenated alkanes) is 6. The van der Waals surface area contributed by atoms with Crippen LogP contribution < -0.4 is 0 Å². The van der Waals surface area contributed by atoms with Crippen LogP contribution in [0.1, 0.15) is 97.3 Å². The number of hydrogen-bond acceptors (Lipinski definition) is 3. The molecule has 0 aromatic rings. The van der Waals surface area contributed by atoms with E-state index in [1.54, 1.807) is 0 Å². The van der Waals surface area contributed by atoms with E-state index < -0.39 is 0 Å². The van der Waals surface area contributed by atoms with E-state index in [2.05, 4.69) is 29.8 Å². The Balaban J connectivity index is 3.87. The molecular formula is C19H35BrO3. The van der Waals surface area contributed by atoms with Gasteiger partial charge in [0.1, 0.15) is 0 Å². The molecule has 0 heterocycles. The second-order valence-electron chi connectivity index (χ2n) is 6.41. The number of ether oxygens (including phenoxy) is 1. The summed E-state index contributed by atoms with van der Waals surface area (Å²) in [6.07, 6.45) is 12.8. The molecule has 0 aliphatic heterocycles. The Labute approximate surface area is 151 Å². The van der Waals surface area contributed by atoms with Gasteiger partial charge in [0.25, 0.3) is 0 Å². The molecule has 0 fully saturated rings. The fourth-order valence-electron chi connectivity index (χ4n) is 2.68. The molecule has 0 rings (SSSR count). The Kier molecular flexibility index (Phi) is 16.2. The van der Waals surface area contributed by atoms with Gasteiger partial charge in [0.05, 0.1) is 0 Å². The number of carbonyl (C=O) groups is 2. The van der Waals surface area contributed by atoms with Gasteiger partial charge in [-0.1, -0.05) is 74.7 Å². The zero-order valence-electron chi connectivity index (χ0n) is 15.1. The first kappa shape index (κ1) is 22.6. The van der Waals surface area contributed by atoms with E-state index in [1.165, 1.54) is 12.8 Å². The third-order valence-electron chi connectivity index (χ3n) is 4.13. The van der Waals surface area contributed by atoms with Gasteiger partial charge in [-0.25, -0.2) is 0 Å². The van der Waals surface area contributed by atoms with Gasteiger partial charge in [-0.2, -0.15) is 0 Å². The Morgan fingerprint density at radius 3 is 1.96 bits per heavy atom. The normalized spacial score (nSPS) is 11.0. The molecule has 0 bridgehead atoms. The first-order chi connectivity index (χ1) is 11.1. The first-order valence-corrected chi connectivity index (χ1v) is 10.6. The minimum absolute atomic E-state index is 0.327. The van der Waals surface area contributed by atoms with Crippen LogP contribution in [0.25, 0.3) is 0 Å². The molecule has 0 aliphatic rings. The summed E-state index contributed by atoms with van der Waals surface area (Å²) >= 11 is 3.41. The number of carbonyl (C=O) groups excluding carboxylic acids is 2. The maximum absolute atomic E-state index is 11.9. The zero-order chi connectivity index (χ0) is 17.3. The summed E-state index contributed by atoms with van der Waals surface area (Å²) in [6, 6.07) is 0. The molecule has 0 saturated heterocycles. The molecule has 23 heavy (non-hydrogen) atoms. The smallest absolute Gasteiger partial charge is 0.313 e. The number of hydrogen-bond donors (Lipinski definition) is 0. The highest BCUT2D eigenvalue weighted by molar-refractivity contribution is 9.09. The predicted octanol–water partition coefficient (Wildman–Crippen LogP) is 6.18. The Hall–Kier alpha value is -0.380. The van der Waals surface area contributed by atoms with Crippen LogP contribution in [-0.4, -0.2) is 17.3 Å². The molecule has 0 radical (unpaired) electrons. The molecule has 0 aliphatic carbocycles. The van der Waals surface area contributed by atoms with Crippen molar-refractivity contribution in [1.82, 2.24) is 0 Å². The summed E-state index contributed by atoms with van der Waals surface area (Å²) in [6.45, 7) is 4.33. The van der Waals surface area contributed by atoms with Crippen LogP contribution in [0.15, 0.2) is 0 Å². The van der Waals surface area contributed by atoms with Crippen molar-refractivity contribution in [2.24, 2.45) is 5.92 Å². The standard InChI is InChI=1S/C19H35BrO3/c1-3-5-12-17(13-6-4-2)16-19(22)23-18(21)14-10-8-7-9-11-15-20/h17H,3-16H2,1-2H3. The number of alkyl halides is 1. The van der Waals surface area contributed by atoms with Gasteiger partial charge in [0.2, 0.25) is 0 Å². The van der Waals surface area contributed by atoms with Crippen molar-refractivity contribution in [1.29, 1.82) is 0 Å². The van der Waals surface area contributed by atoms with E-state index in [0.717, 1.165) is 63.1 Å². The molecule has 0 amide bonds. The fourth-order valence-corrected chi connectivity index (χ4v) is 3.08. The molecule has 0 atom stereocenters. The lowest BCUT2D eigenvalue weighted by molar-refractivity contribution is -0.160. The van der Waals surface area contributed by atoms with Gasteiger partial charge >= 0.3 is 11.9 Å². The van der Waals surface area contributed by atoms with Gasteiger partial charge in [-0.05, 0) is 31.6 Å². The number of halogens is 1. The topological polar surface area (TPSA) is 43.4 Å². The SMILES string of the molecule is CCCCC(CCCC)CC(=O)OC(=O)CCCCCCCBr. The Morgan fingerprint density at radius 1 is 0.826 bits per heavy atom. The van der Waals surface area contributed by atoms with Gasteiger partial charge in [-0.15, -0.1) is 0 Å². The molecule has 0 aromatic carbocycles. The highest BCUT2D eigenvalue weighted by atomic mass is 79.9. The highest BCUT2D eigenvalue weighted by Crippen LogP contribution is 2.20. The number of esters is 2. The summed E-state index contributed by atoms with van der Waals surface area (Å²) in [4.78, 5) is 23.6. The van der Waals surface area contributed by atoms with E-state index in [0.29, 0.717) is 18.8 Å². The van der Waals surface area contributed by atoms with E-state index >= 15 is 0 Å². The summed E-state index contributed by atoms with van der Waals surface area (Å²) < 4.78 is 4.98. The van der Waals surface area contributed by atoms with E-state index in [9.17, 15) is 9.59 Å². The van der Waals surface area contributed by atoms with Crippen LogP contribution >= 0.6 is 15.9 Å². The third-order valence-corrected chi connectivity index (χ3v) is 4.69. The summed E-state index contributed by atoms with van der Waals surface area (Å²) in [5.41, 5.74) is 0. The molecule has 4 heteroatoms. The van der Waals surface area contributed by atoms with Gasteiger partial charge in [0, 0.05) is 18.2 Å². The van der Waals surface area contributed by atoms with Crippen LogP contribution in [0.2, 0.25) is 0 Å². The van der Waals surface area contributed by atoms with Crippen LogP contribution in [0, 0.1) is 5.92 Å². The van der Waals surface area contributed by atoms with Crippen LogP contribution in [0.4, 0.5) is 0 Å². The highest BCUT2D eigenvalue weighted by Gasteiger charge is 2.17. The lowest BCUT2D eigenvalue weighted by Crippen LogP contribution is -2.16. The lowest BCUT2D eigenvalue weighted by Gasteiger charge is -2.15. The molecule has 136 valence electrons. The van der Waals surface area contributed by atoms with Crippen molar-refractivity contribution in [2.45, 2.75) is 97.3 Å². The average molecular weight is 391 g/mol. The monoisotopic (exact) mass is 390 g/mol. The van der Waals surface area contributed by atoms with E-state index in [4.69, 9.17) is 4.74 Å². The molecule has 0 saturated carbocycles. The van der Waals surface area contributed by atoms with Gasteiger partial charge in [0.15, 0.2) is 0 Å². The minimum atomic E-state index is -0.347. The zero-order valence-corrected chi connectivity index (χ0v) is 16.7. The van der Waals surface area contributed by atoms with Crippen molar-refractivity contribution in [3.8, 4) is 0 Å². The average Bonchev–Trinajstić information content (AvgIpc) is 2.53. The van der Waals surface area contributed by atoms with Gasteiger partial charge < -0.3 is 4.74 Å². The van der Waals surface area contributed by atoms with Crippen LogP contribution in [0.3, 0.4) is 0 Å². The van der Waals surface area contributed by atoms with Crippen molar-refractivity contribution >= 4 is 27.9 Å². The summed E-state index contributed by atoms with van der Waals surface area (Å²) in [5, 5.41) is 1.04. The molecular weight excluding hydrogens is 356 g/mol. The number of rotatable bonds is 15. The van der Waals surface area contributed by atoms with Crippen molar-refractivity contribution < 1.29 is 14.3 Å². The second-order valence-corrected chi connectivity index (χ2v) is 7.20. The van der Waals surface area contributed by atoms with Crippen molar-refractivity contribution in [2.75, 3.05) is 5.33 Å². The fraction of sp³-hybridized carbons (Fsp3) is 0.895.